The molecule has 2 aromatic rings. The zero-order valence-corrected chi connectivity index (χ0v) is 17.2. The quantitative estimate of drug-likeness (QED) is 0.693. The minimum Gasteiger partial charge on any atom is -0.465 e. The Labute approximate surface area is 170 Å². The van der Waals surface area contributed by atoms with Crippen molar-refractivity contribution in [3.63, 3.8) is 0 Å². The lowest BCUT2D eigenvalue weighted by molar-refractivity contribution is 0.0600. The van der Waals surface area contributed by atoms with Crippen molar-refractivity contribution < 1.29 is 17.9 Å². The summed E-state index contributed by atoms with van der Waals surface area (Å²) in [6.45, 7) is 3.10. The summed E-state index contributed by atoms with van der Waals surface area (Å²) in [5.74, 6) is -0.558. The van der Waals surface area contributed by atoms with E-state index >= 15 is 0 Å². The minimum atomic E-state index is -3.74. The Morgan fingerprint density at radius 3 is 2.50 bits per heavy atom. The molecule has 2 aromatic carbocycles. The smallest absolute Gasteiger partial charge is 0.337 e. The van der Waals surface area contributed by atoms with E-state index in [0.29, 0.717) is 19.6 Å². The van der Waals surface area contributed by atoms with Gasteiger partial charge in [-0.05, 0) is 36.7 Å². The van der Waals surface area contributed by atoms with E-state index in [9.17, 15) is 13.2 Å². The molecule has 3 rings (SSSR count). The molecule has 0 saturated carbocycles. The van der Waals surface area contributed by atoms with Gasteiger partial charge in [0.2, 0.25) is 10.0 Å². The molecule has 6 nitrogen and oxygen atoms in total. The van der Waals surface area contributed by atoms with Gasteiger partial charge in [-0.25, -0.2) is 13.2 Å². The average Bonchev–Trinajstić information content (AvgIpc) is 2.94. The topological polar surface area (TPSA) is 66.9 Å². The van der Waals surface area contributed by atoms with E-state index in [2.05, 4.69) is 21.8 Å². The van der Waals surface area contributed by atoms with Gasteiger partial charge in [0.1, 0.15) is 4.90 Å². The Balaban J connectivity index is 1.73. The van der Waals surface area contributed by atoms with Crippen LogP contribution in [0.4, 0.5) is 0 Å². The number of rotatable bonds is 5. The second-order valence-corrected chi connectivity index (χ2v) is 8.97. The van der Waals surface area contributed by atoms with Crippen molar-refractivity contribution in [2.45, 2.75) is 17.9 Å². The average molecular weight is 423 g/mol. The maximum atomic E-state index is 13.1. The zero-order chi connectivity index (χ0) is 20.1. The van der Waals surface area contributed by atoms with E-state index < -0.39 is 16.0 Å². The van der Waals surface area contributed by atoms with Gasteiger partial charge in [0.15, 0.2) is 0 Å². The van der Waals surface area contributed by atoms with Crippen LogP contribution in [0.1, 0.15) is 22.3 Å². The van der Waals surface area contributed by atoms with Crippen LogP contribution >= 0.6 is 11.6 Å². The Kier molecular flexibility index (Phi) is 6.72. The van der Waals surface area contributed by atoms with Crippen LogP contribution in [0.2, 0.25) is 5.02 Å². The first kappa shape index (κ1) is 20.8. The van der Waals surface area contributed by atoms with Gasteiger partial charge in [0.25, 0.3) is 0 Å². The third-order valence-corrected chi connectivity index (χ3v) is 7.15. The normalized spacial score (nSPS) is 16.5. The number of benzene rings is 2. The predicted molar refractivity (Wildman–Crippen MR) is 108 cm³/mol. The van der Waals surface area contributed by atoms with Crippen LogP contribution in [0.15, 0.2) is 53.4 Å². The molecule has 0 radical (unpaired) electrons. The fourth-order valence-electron chi connectivity index (χ4n) is 3.28. The first-order valence-electron chi connectivity index (χ1n) is 9.06. The zero-order valence-electron chi connectivity index (χ0n) is 15.7. The van der Waals surface area contributed by atoms with Gasteiger partial charge in [-0.3, -0.25) is 4.90 Å². The minimum absolute atomic E-state index is 0.0123. The van der Waals surface area contributed by atoms with Crippen LogP contribution < -0.4 is 0 Å². The van der Waals surface area contributed by atoms with Gasteiger partial charge in [-0.2, -0.15) is 4.31 Å². The Morgan fingerprint density at radius 1 is 1.07 bits per heavy atom. The lowest BCUT2D eigenvalue weighted by Gasteiger charge is -2.22. The summed E-state index contributed by atoms with van der Waals surface area (Å²) in [4.78, 5) is 13.9. The maximum absolute atomic E-state index is 13.1. The lowest BCUT2D eigenvalue weighted by Crippen LogP contribution is -2.35. The summed E-state index contributed by atoms with van der Waals surface area (Å²) in [7, 11) is -2.48. The number of hydrogen-bond donors (Lipinski definition) is 0. The monoisotopic (exact) mass is 422 g/mol. The van der Waals surface area contributed by atoms with Crippen molar-refractivity contribution in [2.24, 2.45) is 0 Å². The number of carbonyl (C=O) groups excluding carboxylic acids is 1. The maximum Gasteiger partial charge on any atom is 0.337 e. The number of sulfonamides is 1. The van der Waals surface area contributed by atoms with Gasteiger partial charge in [-0.15, -0.1) is 0 Å². The van der Waals surface area contributed by atoms with Crippen molar-refractivity contribution >= 4 is 27.6 Å². The molecule has 0 unspecified atom stereocenters. The number of methoxy groups -OCH3 is 1. The Morgan fingerprint density at radius 2 is 1.82 bits per heavy atom. The molecule has 1 fully saturated rings. The fourth-order valence-corrected chi connectivity index (χ4v) is 5.27. The van der Waals surface area contributed by atoms with Crippen LogP contribution in [0.3, 0.4) is 0 Å². The number of halogens is 1. The van der Waals surface area contributed by atoms with Crippen molar-refractivity contribution in [2.75, 3.05) is 33.3 Å². The molecule has 0 amide bonds. The molecule has 1 aliphatic heterocycles. The second kappa shape index (κ2) is 9.05. The molecule has 0 aromatic heterocycles. The van der Waals surface area contributed by atoms with Gasteiger partial charge in [0, 0.05) is 26.2 Å². The first-order chi connectivity index (χ1) is 13.4. The molecule has 1 heterocycles. The van der Waals surface area contributed by atoms with Crippen molar-refractivity contribution in [1.29, 1.82) is 0 Å². The predicted octanol–water partition coefficient (Wildman–Crippen LogP) is 3.02. The highest BCUT2D eigenvalue weighted by Gasteiger charge is 2.29. The van der Waals surface area contributed by atoms with Crippen molar-refractivity contribution in [1.82, 2.24) is 9.21 Å². The summed E-state index contributed by atoms with van der Waals surface area (Å²) in [5, 5.41) is 0.0216. The van der Waals surface area contributed by atoms with Gasteiger partial charge in [-0.1, -0.05) is 41.9 Å². The SMILES string of the molecule is COC(=O)c1ccc(S(=O)(=O)N2CCCN(Cc3ccccc3)CC2)c(Cl)c1. The molecule has 0 N–H and O–H groups in total. The highest BCUT2D eigenvalue weighted by molar-refractivity contribution is 7.89. The van der Waals surface area contributed by atoms with E-state index in [1.807, 2.05) is 18.2 Å². The molecule has 28 heavy (non-hydrogen) atoms. The van der Waals surface area contributed by atoms with E-state index in [1.54, 1.807) is 0 Å². The number of nitrogens with zero attached hydrogens (tertiary/aromatic N) is 2. The van der Waals surface area contributed by atoms with E-state index in [0.717, 1.165) is 19.5 Å². The van der Waals surface area contributed by atoms with E-state index in [-0.39, 0.29) is 15.5 Å². The van der Waals surface area contributed by atoms with E-state index in [4.69, 9.17) is 11.6 Å². The highest BCUT2D eigenvalue weighted by Crippen LogP contribution is 2.27. The molecule has 0 spiro atoms. The summed E-state index contributed by atoms with van der Waals surface area (Å²) >= 11 is 6.19. The first-order valence-corrected chi connectivity index (χ1v) is 10.9. The Bertz CT molecular complexity index is 934. The molecule has 1 saturated heterocycles. The number of carbonyl (C=O) groups is 1. The number of esters is 1. The number of hydrogen-bond acceptors (Lipinski definition) is 5. The van der Waals surface area contributed by atoms with Gasteiger partial charge >= 0.3 is 5.97 Å². The highest BCUT2D eigenvalue weighted by atomic mass is 35.5. The second-order valence-electron chi connectivity index (χ2n) is 6.66. The van der Waals surface area contributed by atoms with Crippen LogP contribution in [0, 0.1) is 0 Å². The summed E-state index contributed by atoms with van der Waals surface area (Å²) in [5.41, 5.74) is 1.43. The van der Waals surface area contributed by atoms with Gasteiger partial charge in [0.05, 0.1) is 17.7 Å². The fraction of sp³-hybridized carbons (Fsp3) is 0.350. The lowest BCUT2D eigenvalue weighted by atomic mass is 10.2. The molecular weight excluding hydrogens is 400 g/mol. The summed E-state index contributed by atoms with van der Waals surface area (Å²) in [6, 6.07) is 14.3. The summed E-state index contributed by atoms with van der Waals surface area (Å²) in [6.07, 6.45) is 0.740. The third kappa shape index (κ3) is 4.72. The molecule has 150 valence electrons. The molecule has 0 aliphatic carbocycles. The van der Waals surface area contributed by atoms with Crippen LogP contribution in [0.25, 0.3) is 0 Å². The van der Waals surface area contributed by atoms with E-state index in [1.165, 1.54) is 35.2 Å². The standard InChI is InChI=1S/C20H23ClN2O4S/c1-27-20(24)17-8-9-19(18(21)14-17)28(25,26)23-11-5-10-22(12-13-23)15-16-6-3-2-4-7-16/h2-4,6-9,14H,5,10-13,15H2,1H3. The van der Waals surface area contributed by atoms with Crippen LogP contribution in [-0.4, -0.2) is 56.9 Å². The molecule has 8 heteroatoms. The molecule has 1 aliphatic rings. The largest absolute Gasteiger partial charge is 0.465 e. The molecule has 0 atom stereocenters. The number of ether oxygens (including phenoxy) is 1. The van der Waals surface area contributed by atoms with Crippen molar-refractivity contribution in [3.8, 4) is 0 Å². The van der Waals surface area contributed by atoms with Crippen LogP contribution in [-0.2, 0) is 21.3 Å². The van der Waals surface area contributed by atoms with Crippen LogP contribution in [0.5, 0.6) is 0 Å². The third-order valence-electron chi connectivity index (χ3n) is 4.77. The van der Waals surface area contributed by atoms with Crippen molar-refractivity contribution in [3.05, 3.63) is 64.7 Å². The molecular formula is C20H23ClN2O4S. The summed E-state index contributed by atoms with van der Waals surface area (Å²) < 4.78 is 32.3. The van der Waals surface area contributed by atoms with Gasteiger partial charge < -0.3 is 4.74 Å². The molecule has 0 bridgehead atoms. The Hall–Kier alpha value is -1.93.